The van der Waals surface area contributed by atoms with E-state index in [4.69, 9.17) is 0 Å². The van der Waals surface area contributed by atoms with E-state index in [1.54, 1.807) is 0 Å². The summed E-state index contributed by atoms with van der Waals surface area (Å²) >= 11 is 0. The van der Waals surface area contributed by atoms with Crippen molar-refractivity contribution in [1.82, 2.24) is 4.57 Å². The van der Waals surface area contributed by atoms with Crippen LogP contribution in [0.3, 0.4) is 0 Å². The van der Waals surface area contributed by atoms with Gasteiger partial charge in [-0.3, -0.25) is 0 Å². The molecular weight excluding hydrogens is 352 g/mol. The van der Waals surface area contributed by atoms with Crippen molar-refractivity contribution in [2.24, 2.45) is 7.05 Å². The van der Waals surface area contributed by atoms with E-state index in [1.807, 2.05) is 0 Å². The third kappa shape index (κ3) is 2.85. The van der Waals surface area contributed by atoms with E-state index in [1.165, 1.54) is 44.8 Å². The van der Waals surface area contributed by atoms with Crippen molar-refractivity contribution in [2.75, 3.05) is 0 Å². The molecule has 0 saturated heterocycles. The van der Waals surface area contributed by atoms with Crippen LogP contribution in [-0.4, -0.2) is 4.57 Å². The SMILES string of the molecule is Cc1ccccc1-c1n(-c2ccccc2-c2ccccc2)c2ccccc2[n+]1C. The molecule has 2 nitrogen and oxygen atoms in total. The van der Waals surface area contributed by atoms with Crippen molar-refractivity contribution in [1.29, 1.82) is 0 Å². The number of hydrogen-bond acceptors (Lipinski definition) is 0. The number of aromatic nitrogens is 2. The molecule has 0 aliphatic carbocycles. The van der Waals surface area contributed by atoms with Gasteiger partial charge in [-0.2, -0.15) is 4.57 Å². The maximum Gasteiger partial charge on any atom is 0.295 e. The van der Waals surface area contributed by atoms with E-state index in [0.29, 0.717) is 0 Å². The molecule has 1 heterocycles. The van der Waals surface area contributed by atoms with Gasteiger partial charge in [-0.15, -0.1) is 0 Å². The van der Waals surface area contributed by atoms with Crippen LogP contribution in [-0.2, 0) is 7.05 Å². The highest BCUT2D eigenvalue weighted by Gasteiger charge is 2.28. The van der Waals surface area contributed by atoms with Gasteiger partial charge in [0.2, 0.25) is 0 Å². The number of para-hydroxylation sites is 3. The first-order valence-corrected chi connectivity index (χ1v) is 9.96. The average Bonchev–Trinajstić information content (AvgIpc) is 3.07. The Morgan fingerprint density at radius 2 is 1.24 bits per heavy atom. The molecule has 0 spiro atoms. The Kier molecular flexibility index (Phi) is 4.25. The Hall–Kier alpha value is -3.65. The normalized spacial score (nSPS) is 11.1. The fourth-order valence-corrected chi connectivity index (χ4v) is 4.21. The number of imidazole rings is 1. The minimum absolute atomic E-state index is 1.19. The second-order valence-electron chi connectivity index (χ2n) is 7.40. The zero-order valence-electron chi connectivity index (χ0n) is 16.7. The molecular formula is C27H23N2+. The summed E-state index contributed by atoms with van der Waals surface area (Å²) in [4.78, 5) is 0. The molecule has 0 bridgehead atoms. The van der Waals surface area contributed by atoms with Gasteiger partial charge in [0.25, 0.3) is 5.82 Å². The molecule has 1 aromatic heterocycles. The van der Waals surface area contributed by atoms with Crippen molar-refractivity contribution in [3.63, 3.8) is 0 Å². The van der Waals surface area contributed by atoms with Gasteiger partial charge in [0.1, 0.15) is 5.69 Å². The van der Waals surface area contributed by atoms with E-state index in [2.05, 4.69) is 126 Å². The Morgan fingerprint density at radius 3 is 2.03 bits per heavy atom. The van der Waals surface area contributed by atoms with Crippen LogP contribution in [0.1, 0.15) is 5.56 Å². The number of nitrogens with zero attached hydrogens (tertiary/aromatic N) is 2. The van der Waals surface area contributed by atoms with E-state index >= 15 is 0 Å². The zero-order chi connectivity index (χ0) is 19.8. The zero-order valence-corrected chi connectivity index (χ0v) is 16.7. The molecule has 0 saturated carbocycles. The lowest BCUT2D eigenvalue weighted by Crippen LogP contribution is -2.30. The molecule has 5 rings (SSSR count). The van der Waals surface area contributed by atoms with Gasteiger partial charge in [0, 0.05) is 5.56 Å². The topological polar surface area (TPSA) is 8.81 Å². The molecule has 2 heteroatoms. The van der Waals surface area contributed by atoms with Crippen LogP contribution in [0.4, 0.5) is 0 Å². The van der Waals surface area contributed by atoms with Gasteiger partial charge in [-0.1, -0.05) is 78.9 Å². The summed E-state index contributed by atoms with van der Waals surface area (Å²) in [5.74, 6) is 1.19. The van der Waals surface area contributed by atoms with E-state index in [-0.39, 0.29) is 0 Å². The third-order valence-electron chi connectivity index (χ3n) is 5.63. The molecule has 0 radical (unpaired) electrons. The van der Waals surface area contributed by atoms with Crippen LogP contribution in [0.25, 0.3) is 39.2 Å². The van der Waals surface area contributed by atoms with E-state index in [9.17, 15) is 0 Å². The molecule has 0 unspecified atom stereocenters. The molecule has 5 aromatic rings. The molecule has 0 aliphatic rings. The van der Waals surface area contributed by atoms with Crippen LogP contribution >= 0.6 is 0 Å². The second-order valence-corrected chi connectivity index (χ2v) is 7.40. The van der Waals surface area contributed by atoms with Crippen LogP contribution in [0.2, 0.25) is 0 Å². The van der Waals surface area contributed by atoms with Gasteiger partial charge in [0.05, 0.1) is 12.6 Å². The van der Waals surface area contributed by atoms with Gasteiger partial charge in [-0.25, -0.2) is 4.57 Å². The predicted molar refractivity (Wildman–Crippen MR) is 120 cm³/mol. The van der Waals surface area contributed by atoms with Crippen molar-refractivity contribution in [2.45, 2.75) is 6.92 Å². The van der Waals surface area contributed by atoms with E-state index < -0.39 is 0 Å². The van der Waals surface area contributed by atoms with E-state index in [0.717, 1.165) is 0 Å². The fraction of sp³-hybridized carbons (Fsp3) is 0.0741. The predicted octanol–water partition coefficient (Wildman–Crippen LogP) is 6.10. The average molecular weight is 375 g/mol. The lowest BCUT2D eigenvalue weighted by molar-refractivity contribution is -0.633. The lowest BCUT2D eigenvalue weighted by Gasteiger charge is -2.10. The third-order valence-corrected chi connectivity index (χ3v) is 5.63. The summed E-state index contributed by atoms with van der Waals surface area (Å²) in [5, 5.41) is 0. The summed E-state index contributed by atoms with van der Waals surface area (Å²) in [7, 11) is 2.16. The quantitative estimate of drug-likeness (QED) is 0.337. The maximum absolute atomic E-state index is 2.40. The summed E-state index contributed by atoms with van der Waals surface area (Å²) in [5.41, 5.74) is 8.57. The van der Waals surface area contributed by atoms with Crippen LogP contribution in [0.15, 0.2) is 103 Å². The largest absolute Gasteiger partial charge is 0.295 e. The first-order chi connectivity index (χ1) is 14.3. The molecule has 4 aromatic carbocycles. The van der Waals surface area contributed by atoms with Gasteiger partial charge in [-0.05, 0) is 42.3 Å². The molecule has 0 amide bonds. The first kappa shape index (κ1) is 17.4. The summed E-state index contributed by atoms with van der Waals surface area (Å²) < 4.78 is 4.71. The first-order valence-electron chi connectivity index (χ1n) is 9.96. The highest BCUT2D eigenvalue weighted by atomic mass is 15.2. The molecule has 140 valence electrons. The smallest absolute Gasteiger partial charge is 0.225 e. The molecule has 0 atom stereocenters. The second kappa shape index (κ2) is 7.06. The monoisotopic (exact) mass is 375 g/mol. The van der Waals surface area contributed by atoms with Crippen molar-refractivity contribution >= 4 is 11.0 Å². The molecule has 0 aliphatic heterocycles. The molecule has 0 N–H and O–H groups in total. The lowest BCUT2D eigenvalue weighted by atomic mass is 10.0. The molecule has 29 heavy (non-hydrogen) atoms. The molecule has 0 fully saturated rings. The Morgan fingerprint density at radius 1 is 0.621 bits per heavy atom. The number of rotatable bonds is 3. The van der Waals surface area contributed by atoms with Crippen LogP contribution < -0.4 is 4.57 Å². The van der Waals surface area contributed by atoms with Gasteiger partial charge >= 0.3 is 0 Å². The summed E-state index contributed by atoms with van der Waals surface area (Å²) in [6.45, 7) is 2.18. The van der Waals surface area contributed by atoms with Gasteiger partial charge < -0.3 is 0 Å². The van der Waals surface area contributed by atoms with Crippen molar-refractivity contribution < 1.29 is 4.57 Å². The number of hydrogen-bond donors (Lipinski definition) is 0. The van der Waals surface area contributed by atoms with Crippen molar-refractivity contribution in [3.05, 3.63) is 109 Å². The highest BCUT2D eigenvalue weighted by Crippen LogP contribution is 2.34. The Bertz CT molecular complexity index is 1310. The fourth-order valence-electron chi connectivity index (χ4n) is 4.21. The summed E-state index contributed by atoms with van der Waals surface area (Å²) in [6.07, 6.45) is 0. The van der Waals surface area contributed by atoms with Crippen LogP contribution in [0, 0.1) is 6.92 Å². The maximum atomic E-state index is 2.40. The van der Waals surface area contributed by atoms with Crippen molar-refractivity contribution in [3.8, 4) is 28.2 Å². The number of aryl methyl sites for hydroxylation is 2. The summed E-state index contributed by atoms with van der Waals surface area (Å²) in [6, 6.07) is 36.5. The standard InChI is InChI=1S/C27H23N2/c1-20-12-6-7-15-22(20)27-28(2)25-18-10-11-19-26(25)29(27)24-17-9-8-16-23(24)21-13-4-3-5-14-21/h3-19H,1-2H3/q+1. The Balaban J connectivity index is 1.91. The van der Waals surface area contributed by atoms with Gasteiger partial charge in [0.15, 0.2) is 11.0 Å². The number of benzene rings is 4. The minimum Gasteiger partial charge on any atom is -0.225 e. The van der Waals surface area contributed by atoms with Crippen LogP contribution in [0.5, 0.6) is 0 Å². The Labute approximate surface area is 171 Å². The number of fused-ring (bicyclic) bond motifs is 1. The minimum atomic E-state index is 1.19. The highest BCUT2D eigenvalue weighted by molar-refractivity contribution is 5.83.